The molecule has 0 aliphatic carbocycles. The van der Waals surface area contributed by atoms with Crippen LogP contribution < -0.4 is 10.5 Å². The minimum absolute atomic E-state index is 0.106. The van der Waals surface area contributed by atoms with Crippen LogP contribution in [0, 0.1) is 10.1 Å². The first-order valence-corrected chi connectivity index (χ1v) is 6.18. The molecule has 0 spiro atoms. The number of hydrogen-bond donors (Lipinski definition) is 1. The van der Waals surface area contributed by atoms with Crippen LogP contribution in [0.5, 0.6) is 11.5 Å². The van der Waals surface area contributed by atoms with Gasteiger partial charge in [0.15, 0.2) is 0 Å². The molecule has 0 bridgehead atoms. The highest BCUT2D eigenvalue weighted by atomic mass is 35.5. The largest absolute Gasteiger partial charge is 0.449 e. The molecule has 0 saturated carbocycles. The second kappa shape index (κ2) is 5.85. The van der Waals surface area contributed by atoms with E-state index in [4.69, 9.17) is 22.1 Å². The van der Waals surface area contributed by atoms with E-state index in [-0.39, 0.29) is 22.5 Å². The third-order valence-corrected chi connectivity index (χ3v) is 2.81. The number of nitro benzene ring substituents is 1. The molecule has 1 aromatic heterocycles. The Hall–Kier alpha value is -2.18. The van der Waals surface area contributed by atoms with Gasteiger partial charge >= 0.3 is 5.69 Å². The van der Waals surface area contributed by atoms with E-state index < -0.39 is 4.92 Å². The van der Waals surface area contributed by atoms with Gasteiger partial charge in [0.2, 0.25) is 5.75 Å². The number of halogens is 1. The number of nitrogens with zero attached hydrogens (tertiary/aromatic N) is 2. The number of nitro groups is 1. The summed E-state index contributed by atoms with van der Waals surface area (Å²) in [5, 5.41) is 11.2. The molecule has 0 aliphatic rings. The second-order valence-corrected chi connectivity index (χ2v) is 4.62. The van der Waals surface area contributed by atoms with Gasteiger partial charge in [-0.3, -0.25) is 15.1 Å². The van der Waals surface area contributed by atoms with Crippen molar-refractivity contribution in [2.75, 3.05) is 0 Å². The summed E-state index contributed by atoms with van der Waals surface area (Å²) in [6, 6.07) is 7.38. The van der Waals surface area contributed by atoms with E-state index in [1.54, 1.807) is 12.1 Å². The average Bonchev–Trinajstić information content (AvgIpc) is 2.41. The summed E-state index contributed by atoms with van der Waals surface area (Å²) in [7, 11) is 0. The van der Waals surface area contributed by atoms with E-state index in [1.807, 2.05) is 6.92 Å². The Balaban J connectivity index is 2.28. The molecule has 1 heterocycles. The molecule has 6 nitrogen and oxygen atoms in total. The Morgan fingerprint density at radius 3 is 2.70 bits per heavy atom. The zero-order valence-electron chi connectivity index (χ0n) is 10.6. The first kappa shape index (κ1) is 14.2. The first-order chi connectivity index (χ1) is 9.47. The van der Waals surface area contributed by atoms with Crippen LogP contribution in [0.3, 0.4) is 0 Å². The quantitative estimate of drug-likeness (QED) is 0.688. The molecule has 0 fully saturated rings. The minimum atomic E-state index is -0.551. The molecular formula is C13H12ClN3O3. The van der Waals surface area contributed by atoms with E-state index in [9.17, 15) is 10.1 Å². The van der Waals surface area contributed by atoms with Gasteiger partial charge in [-0.25, -0.2) is 0 Å². The zero-order chi connectivity index (χ0) is 14.7. The second-order valence-electron chi connectivity index (χ2n) is 4.18. The molecule has 2 aromatic rings. The highest BCUT2D eigenvalue weighted by Crippen LogP contribution is 2.33. The van der Waals surface area contributed by atoms with Gasteiger partial charge < -0.3 is 10.5 Å². The molecule has 0 aliphatic heterocycles. The lowest BCUT2D eigenvalue weighted by atomic mass is 10.2. The van der Waals surface area contributed by atoms with Crippen LogP contribution in [0.15, 0.2) is 36.5 Å². The number of pyridine rings is 1. The number of aromatic nitrogens is 1. The Labute approximate surface area is 120 Å². The van der Waals surface area contributed by atoms with Gasteiger partial charge in [-0.1, -0.05) is 11.6 Å². The van der Waals surface area contributed by atoms with Crippen LogP contribution in [0.1, 0.15) is 18.7 Å². The van der Waals surface area contributed by atoms with Crippen LogP contribution in [0.4, 0.5) is 5.69 Å². The van der Waals surface area contributed by atoms with Crippen LogP contribution in [-0.4, -0.2) is 9.91 Å². The van der Waals surface area contributed by atoms with Crippen molar-refractivity contribution in [1.29, 1.82) is 0 Å². The first-order valence-electron chi connectivity index (χ1n) is 5.80. The lowest BCUT2D eigenvalue weighted by Crippen LogP contribution is -2.06. The summed E-state index contributed by atoms with van der Waals surface area (Å²) in [6.45, 7) is 1.81. The number of hydrogen-bond acceptors (Lipinski definition) is 5. The molecule has 0 saturated heterocycles. The SMILES string of the molecule is C[C@H](N)c1ccc(Oc2ccc(Cl)cc2[N+](=O)[O-])cn1. The van der Waals surface area contributed by atoms with E-state index >= 15 is 0 Å². The average molecular weight is 294 g/mol. The van der Waals surface area contributed by atoms with Crippen molar-refractivity contribution in [3.8, 4) is 11.5 Å². The van der Waals surface area contributed by atoms with Gasteiger partial charge in [-0.05, 0) is 31.2 Å². The molecule has 7 heteroatoms. The summed E-state index contributed by atoms with van der Waals surface area (Å²) in [5.41, 5.74) is 6.20. The van der Waals surface area contributed by atoms with Crippen molar-refractivity contribution in [1.82, 2.24) is 4.98 Å². The number of ether oxygens (including phenoxy) is 1. The summed E-state index contributed by atoms with van der Waals surface area (Å²) in [6.07, 6.45) is 1.47. The fourth-order valence-electron chi connectivity index (χ4n) is 1.57. The zero-order valence-corrected chi connectivity index (χ0v) is 11.4. The van der Waals surface area contributed by atoms with Gasteiger partial charge in [0, 0.05) is 17.1 Å². The van der Waals surface area contributed by atoms with E-state index in [0.717, 1.165) is 0 Å². The number of nitrogens with two attached hydrogens (primary N) is 1. The van der Waals surface area contributed by atoms with Gasteiger partial charge in [-0.15, -0.1) is 0 Å². The Morgan fingerprint density at radius 1 is 1.40 bits per heavy atom. The van der Waals surface area contributed by atoms with Crippen LogP contribution in [-0.2, 0) is 0 Å². The summed E-state index contributed by atoms with van der Waals surface area (Å²) >= 11 is 5.73. The van der Waals surface area contributed by atoms with Gasteiger partial charge in [0.1, 0.15) is 5.75 Å². The minimum Gasteiger partial charge on any atom is -0.449 e. The maximum Gasteiger partial charge on any atom is 0.313 e. The van der Waals surface area contributed by atoms with Crippen molar-refractivity contribution < 1.29 is 9.66 Å². The van der Waals surface area contributed by atoms with Gasteiger partial charge in [-0.2, -0.15) is 0 Å². The van der Waals surface area contributed by atoms with E-state index in [0.29, 0.717) is 11.4 Å². The predicted molar refractivity (Wildman–Crippen MR) is 75.0 cm³/mol. The highest BCUT2D eigenvalue weighted by molar-refractivity contribution is 6.30. The van der Waals surface area contributed by atoms with Crippen molar-refractivity contribution in [3.63, 3.8) is 0 Å². The van der Waals surface area contributed by atoms with Gasteiger partial charge in [0.05, 0.1) is 16.8 Å². The van der Waals surface area contributed by atoms with Crippen molar-refractivity contribution in [2.24, 2.45) is 5.73 Å². The third-order valence-electron chi connectivity index (χ3n) is 2.57. The van der Waals surface area contributed by atoms with Crippen LogP contribution in [0.2, 0.25) is 5.02 Å². The fourth-order valence-corrected chi connectivity index (χ4v) is 1.73. The third kappa shape index (κ3) is 3.23. The number of rotatable bonds is 4. The highest BCUT2D eigenvalue weighted by Gasteiger charge is 2.16. The van der Waals surface area contributed by atoms with Crippen molar-refractivity contribution >= 4 is 17.3 Å². The lowest BCUT2D eigenvalue weighted by Gasteiger charge is -2.08. The molecule has 20 heavy (non-hydrogen) atoms. The maximum atomic E-state index is 10.9. The molecular weight excluding hydrogens is 282 g/mol. The van der Waals surface area contributed by atoms with E-state index in [1.165, 1.54) is 24.4 Å². The summed E-state index contributed by atoms with van der Waals surface area (Å²) in [4.78, 5) is 14.5. The topological polar surface area (TPSA) is 91.3 Å². The van der Waals surface area contributed by atoms with Gasteiger partial charge in [0.25, 0.3) is 0 Å². The molecule has 2 N–H and O–H groups in total. The predicted octanol–water partition coefficient (Wildman–Crippen LogP) is 3.46. The van der Waals surface area contributed by atoms with Crippen molar-refractivity contribution in [2.45, 2.75) is 13.0 Å². The van der Waals surface area contributed by atoms with E-state index in [2.05, 4.69) is 4.98 Å². The normalized spacial score (nSPS) is 11.9. The molecule has 0 radical (unpaired) electrons. The summed E-state index contributed by atoms with van der Waals surface area (Å²) in [5.74, 6) is 0.495. The smallest absolute Gasteiger partial charge is 0.313 e. The monoisotopic (exact) mass is 293 g/mol. The Morgan fingerprint density at radius 2 is 2.15 bits per heavy atom. The molecule has 104 valence electrons. The molecule has 2 rings (SSSR count). The maximum absolute atomic E-state index is 10.9. The molecule has 1 aromatic carbocycles. The molecule has 0 amide bonds. The Bertz CT molecular complexity index is 629. The van der Waals surface area contributed by atoms with Crippen molar-refractivity contribution in [3.05, 3.63) is 57.4 Å². The standard InChI is InChI=1S/C13H12ClN3O3/c1-8(15)11-4-3-10(7-16-11)20-13-5-2-9(14)6-12(13)17(18)19/h2-8H,15H2,1H3/t8-/m0/s1. The summed E-state index contributed by atoms with van der Waals surface area (Å²) < 4.78 is 5.46. The Kier molecular flexibility index (Phi) is 4.16. The van der Waals surface area contributed by atoms with Crippen LogP contribution >= 0.6 is 11.6 Å². The lowest BCUT2D eigenvalue weighted by molar-refractivity contribution is -0.385. The molecule has 1 atom stereocenters. The fraction of sp³-hybridized carbons (Fsp3) is 0.154. The number of benzene rings is 1. The molecule has 0 unspecified atom stereocenters. The van der Waals surface area contributed by atoms with Crippen LogP contribution in [0.25, 0.3) is 0 Å².